The van der Waals surface area contributed by atoms with Gasteiger partial charge in [-0.1, -0.05) is 19.3 Å². The van der Waals surface area contributed by atoms with E-state index in [0.717, 1.165) is 32.1 Å². The third kappa shape index (κ3) is 4.24. The van der Waals surface area contributed by atoms with E-state index in [-0.39, 0.29) is 17.7 Å². The van der Waals surface area contributed by atoms with Gasteiger partial charge in [0.2, 0.25) is 0 Å². The smallest absolute Gasteiger partial charge is 0.264 e. The van der Waals surface area contributed by atoms with E-state index in [2.05, 4.69) is 5.32 Å². The topological polar surface area (TPSA) is 78.9 Å². The van der Waals surface area contributed by atoms with E-state index in [1.165, 1.54) is 6.42 Å². The highest BCUT2D eigenvalue weighted by atomic mass is 16.5. The zero-order valence-electron chi connectivity index (χ0n) is 15.3. The number of hydrogen-bond donors (Lipinski definition) is 2. The fourth-order valence-electron chi connectivity index (χ4n) is 3.98. The van der Waals surface area contributed by atoms with Gasteiger partial charge >= 0.3 is 0 Å². The van der Waals surface area contributed by atoms with Gasteiger partial charge in [-0.3, -0.25) is 14.5 Å². The second-order valence-electron chi connectivity index (χ2n) is 7.21. The fraction of sp³-hybridized carbons (Fsp3) is 0.600. The van der Waals surface area contributed by atoms with Crippen LogP contribution in [0.5, 0.6) is 5.75 Å². The number of nitrogens with one attached hydrogen (secondary N) is 1. The van der Waals surface area contributed by atoms with Crippen LogP contribution in [0, 0.1) is 0 Å². The van der Waals surface area contributed by atoms with E-state index < -0.39 is 12.3 Å². The average molecular weight is 360 g/mol. The summed E-state index contributed by atoms with van der Waals surface area (Å²) in [6, 6.07) is 6.63. The summed E-state index contributed by atoms with van der Waals surface area (Å²) >= 11 is 0. The third-order valence-electron chi connectivity index (χ3n) is 5.47. The molecule has 26 heavy (non-hydrogen) atoms. The summed E-state index contributed by atoms with van der Waals surface area (Å²) in [6.45, 7) is 0.547. The van der Waals surface area contributed by atoms with Gasteiger partial charge in [-0.25, -0.2) is 0 Å². The summed E-state index contributed by atoms with van der Waals surface area (Å²) in [5, 5.41) is 13.5. The van der Waals surface area contributed by atoms with Gasteiger partial charge in [0.15, 0.2) is 12.0 Å². The molecule has 1 aromatic carbocycles. The first-order chi connectivity index (χ1) is 12.6. The second kappa shape index (κ2) is 8.64. The first-order valence-corrected chi connectivity index (χ1v) is 9.52. The van der Waals surface area contributed by atoms with E-state index >= 15 is 0 Å². The summed E-state index contributed by atoms with van der Waals surface area (Å²) < 4.78 is 5.12. The average Bonchev–Trinajstić information content (AvgIpc) is 3.17. The molecule has 1 amide bonds. The molecule has 1 saturated heterocycles. The molecule has 1 aliphatic carbocycles. The van der Waals surface area contributed by atoms with Crippen molar-refractivity contribution in [3.8, 4) is 5.75 Å². The molecule has 1 aliphatic heterocycles. The number of nitrogens with zero attached hydrogens (tertiary/aromatic N) is 1. The largest absolute Gasteiger partial charge is 0.497 e. The van der Waals surface area contributed by atoms with Crippen molar-refractivity contribution in [3.05, 3.63) is 29.8 Å². The molecule has 3 rings (SSSR count). The van der Waals surface area contributed by atoms with Gasteiger partial charge in [-0.05, 0) is 49.9 Å². The molecule has 1 saturated carbocycles. The maximum absolute atomic E-state index is 12.8. The van der Waals surface area contributed by atoms with Crippen molar-refractivity contribution in [2.45, 2.75) is 63.3 Å². The summed E-state index contributed by atoms with van der Waals surface area (Å²) in [4.78, 5) is 26.9. The Morgan fingerprint density at radius 3 is 2.46 bits per heavy atom. The zero-order valence-corrected chi connectivity index (χ0v) is 15.3. The molecular weight excluding hydrogens is 332 g/mol. The number of hydrogen-bond acceptors (Lipinski definition) is 5. The van der Waals surface area contributed by atoms with Crippen LogP contribution < -0.4 is 10.1 Å². The van der Waals surface area contributed by atoms with Crippen LogP contribution in [0.4, 0.5) is 0 Å². The minimum Gasteiger partial charge on any atom is -0.497 e. The summed E-state index contributed by atoms with van der Waals surface area (Å²) in [7, 11) is 1.58. The fourth-order valence-corrected chi connectivity index (χ4v) is 3.98. The number of ketones is 1. The molecule has 0 radical (unpaired) electrons. The molecule has 0 aromatic heterocycles. The van der Waals surface area contributed by atoms with Gasteiger partial charge in [0.1, 0.15) is 5.75 Å². The van der Waals surface area contributed by atoms with Crippen molar-refractivity contribution >= 4 is 11.7 Å². The van der Waals surface area contributed by atoms with E-state index in [1.54, 1.807) is 36.3 Å². The van der Waals surface area contributed by atoms with Crippen LogP contribution >= 0.6 is 0 Å². The number of carbonyl (C=O) groups excluding carboxylic acids is 2. The molecule has 2 aliphatic rings. The molecule has 0 bridgehead atoms. The van der Waals surface area contributed by atoms with Crippen LogP contribution in [0.15, 0.2) is 24.3 Å². The number of ether oxygens (including phenoxy) is 1. The normalized spacial score (nSPS) is 22.8. The van der Waals surface area contributed by atoms with Crippen LogP contribution in [0.25, 0.3) is 0 Å². The quantitative estimate of drug-likeness (QED) is 0.760. The highest BCUT2D eigenvalue weighted by Crippen LogP contribution is 2.24. The second-order valence-corrected chi connectivity index (χ2v) is 7.21. The van der Waals surface area contributed by atoms with Gasteiger partial charge < -0.3 is 15.2 Å². The number of aliphatic hydroxyl groups excluding tert-OH is 1. The van der Waals surface area contributed by atoms with E-state index in [9.17, 15) is 14.7 Å². The molecule has 142 valence electrons. The number of likely N-dealkylation sites (tertiary alicyclic amines) is 1. The first-order valence-electron chi connectivity index (χ1n) is 9.52. The summed E-state index contributed by atoms with van der Waals surface area (Å²) in [5.74, 6) is 0.248. The molecule has 1 heterocycles. The Hall–Kier alpha value is -1.92. The Kier molecular flexibility index (Phi) is 6.27. The van der Waals surface area contributed by atoms with Crippen molar-refractivity contribution in [3.63, 3.8) is 0 Å². The number of amides is 1. The molecule has 2 atom stereocenters. The molecule has 2 fully saturated rings. The Labute approximate surface area is 154 Å². The van der Waals surface area contributed by atoms with Gasteiger partial charge in [-0.15, -0.1) is 0 Å². The molecule has 2 unspecified atom stereocenters. The lowest BCUT2D eigenvalue weighted by Crippen LogP contribution is -2.53. The highest BCUT2D eigenvalue weighted by Gasteiger charge is 2.38. The first kappa shape index (κ1) is 18.9. The van der Waals surface area contributed by atoms with Crippen molar-refractivity contribution in [1.29, 1.82) is 0 Å². The van der Waals surface area contributed by atoms with Crippen LogP contribution in [0.2, 0.25) is 0 Å². The van der Waals surface area contributed by atoms with Crippen molar-refractivity contribution in [2.75, 3.05) is 13.7 Å². The molecule has 6 nitrogen and oxygen atoms in total. The van der Waals surface area contributed by atoms with Gasteiger partial charge in [0, 0.05) is 18.2 Å². The van der Waals surface area contributed by atoms with Crippen LogP contribution in [-0.2, 0) is 4.79 Å². The number of aliphatic hydroxyl groups is 1. The third-order valence-corrected chi connectivity index (χ3v) is 5.47. The Morgan fingerprint density at radius 2 is 1.81 bits per heavy atom. The Morgan fingerprint density at radius 1 is 1.12 bits per heavy atom. The molecular formula is C20H28N2O4. The Bertz CT molecular complexity index is 625. The van der Waals surface area contributed by atoms with Crippen molar-refractivity contribution < 1.29 is 19.4 Å². The lowest BCUT2D eigenvalue weighted by molar-refractivity contribution is -0.140. The number of methoxy groups -OCH3 is 1. The van der Waals surface area contributed by atoms with Crippen molar-refractivity contribution in [1.82, 2.24) is 10.2 Å². The van der Waals surface area contributed by atoms with E-state index in [4.69, 9.17) is 4.74 Å². The van der Waals surface area contributed by atoms with Crippen LogP contribution in [-0.4, -0.2) is 53.7 Å². The molecule has 6 heteroatoms. The van der Waals surface area contributed by atoms with Crippen LogP contribution in [0.1, 0.15) is 55.3 Å². The summed E-state index contributed by atoms with van der Waals surface area (Å²) in [5.41, 5.74) is 0.572. The minimum absolute atomic E-state index is 0.0605. The molecule has 0 spiro atoms. The Balaban J connectivity index is 1.64. The van der Waals surface area contributed by atoms with Crippen molar-refractivity contribution in [2.24, 2.45) is 0 Å². The lowest BCUT2D eigenvalue weighted by atomic mass is 9.95. The number of rotatable bonds is 6. The van der Waals surface area contributed by atoms with Gasteiger partial charge in [0.05, 0.1) is 13.2 Å². The molecule has 2 N–H and O–H groups in total. The zero-order chi connectivity index (χ0) is 18.5. The van der Waals surface area contributed by atoms with E-state index in [0.29, 0.717) is 24.3 Å². The number of Topliss-reactive ketones (excluding diaryl/α,β-unsaturated/α-hetero) is 1. The maximum Gasteiger partial charge on any atom is 0.264 e. The highest BCUT2D eigenvalue weighted by molar-refractivity contribution is 6.00. The predicted molar refractivity (Wildman–Crippen MR) is 98.1 cm³/mol. The monoisotopic (exact) mass is 360 g/mol. The lowest BCUT2D eigenvalue weighted by Gasteiger charge is -2.30. The maximum atomic E-state index is 12.8. The standard InChI is InChI=1S/C20H28N2O4/c1-26-16-11-9-14(10-12-16)18(23)17-8-5-13-22(17)20(25)19(24)21-15-6-3-2-4-7-15/h9-12,15,17,20,25H,2-8,13H2,1H3,(H,21,24). The summed E-state index contributed by atoms with van der Waals surface area (Å²) in [6.07, 6.45) is 5.54. The predicted octanol–water partition coefficient (Wildman–Crippen LogP) is 2.11. The van der Waals surface area contributed by atoms with Crippen LogP contribution in [0.3, 0.4) is 0 Å². The van der Waals surface area contributed by atoms with Gasteiger partial charge in [-0.2, -0.15) is 0 Å². The number of benzene rings is 1. The number of carbonyl (C=O) groups is 2. The molecule has 1 aromatic rings. The van der Waals surface area contributed by atoms with Gasteiger partial charge in [0.25, 0.3) is 5.91 Å². The minimum atomic E-state index is -1.27. The SMILES string of the molecule is COc1ccc(C(=O)C2CCCN2C(O)C(=O)NC2CCCCC2)cc1. The van der Waals surface area contributed by atoms with E-state index in [1.807, 2.05) is 0 Å².